The molecule has 0 aromatic heterocycles. The van der Waals surface area contributed by atoms with Gasteiger partial charge in [-0.3, -0.25) is 4.79 Å². The van der Waals surface area contributed by atoms with Crippen LogP contribution in [0.4, 0.5) is 5.69 Å². The van der Waals surface area contributed by atoms with Gasteiger partial charge in [0.25, 0.3) is 5.91 Å². The molecule has 1 fully saturated rings. The molecule has 0 radical (unpaired) electrons. The summed E-state index contributed by atoms with van der Waals surface area (Å²) < 4.78 is 27.2. The molecule has 0 bridgehead atoms. The summed E-state index contributed by atoms with van der Waals surface area (Å²) in [7, 11) is -3.57. The van der Waals surface area contributed by atoms with Gasteiger partial charge in [0.2, 0.25) is 10.0 Å². The second kappa shape index (κ2) is 9.90. The first-order valence-corrected chi connectivity index (χ1v) is 13.0. The first kappa shape index (κ1) is 22.6. The normalized spacial score (nSPS) is 14.4. The van der Waals surface area contributed by atoms with Crippen LogP contribution >= 0.6 is 11.8 Å². The zero-order valence-electron chi connectivity index (χ0n) is 18.0. The lowest BCUT2D eigenvalue weighted by Gasteiger charge is -2.17. The molecular formula is C25H26N2O3S2. The van der Waals surface area contributed by atoms with Crippen molar-refractivity contribution in [1.29, 1.82) is 0 Å². The van der Waals surface area contributed by atoms with E-state index in [-0.39, 0.29) is 10.8 Å². The van der Waals surface area contributed by atoms with Crippen LogP contribution in [0.3, 0.4) is 0 Å². The molecule has 7 heteroatoms. The summed E-state index contributed by atoms with van der Waals surface area (Å²) in [5.41, 5.74) is 2.94. The molecule has 1 amide bonds. The number of hydrogen-bond acceptors (Lipinski definition) is 4. The second-order valence-corrected chi connectivity index (χ2v) is 10.8. The van der Waals surface area contributed by atoms with Gasteiger partial charge in [-0.25, -0.2) is 8.42 Å². The van der Waals surface area contributed by atoms with E-state index in [2.05, 4.69) is 17.4 Å². The first-order valence-electron chi connectivity index (χ1n) is 10.6. The molecular weight excluding hydrogens is 440 g/mol. The summed E-state index contributed by atoms with van der Waals surface area (Å²) in [6.45, 7) is 2.88. The Morgan fingerprint density at radius 3 is 2.34 bits per heavy atom. The molecule has 1 aliphatic heterocycles. The number of nitrogens with one attached hydrogen (secondary N) is 1. The van der Waals surface area contributed by atoms with Crippen molar-refractivity contribution >= 4 is 33.4 Å². The summed E-state index contributed by atoms with van der Waals surface area (Å²) in [5.74, 6) is 0.528. The van der Waals surface area contributed by atoms with Crippen molar-refractivity contribution in [1.82, 2.24) is 4.31 Å². The monoisotopic (exact) mass is 466 g/mol. The smallest absolute Gasteiger partial charge is 0.255 e. The number of nitrogens with zero attached hydrogens (tertiary/aromatic N) is 1. The van der Waals surface area contributed by atoms with E-state index < -0.39 is 10.0 Å². The quantitative estimate of drug-likeness (QED) is 0.478. The van der Waals surface area contributed by atoms with Crippen molar-refractivity contribution in [3.63, 3.8) is 0 Å². The number of amides is 1. The van der Waals surface area contributed by atoms with Crippen LogP contribution in [-0.4, -0.2) is 31.7 Å². The molecule has 0 atom stereocenters. The molecule has 1 saturated heterocycles. The lowest BCUT2D eigenvalue weighted by molar-refractivity contribution is 0.102. The average molecular weight is 467 g/mol. The van der Waals surface area contributed by atoms with Crippen LogP contribution in [0.15, 0.2) is 82.6 Å². The third kappa shape index (κ3) is 5.23. The summed E-state index contributed by atoms with van der Waals surface area (Å²) in [5, 5.41) is 2.89. The molecule has 3 aromatic rings. The maximum atomic E-state index is 12.9. The molecule has 0 aliphatic carbocycles. The zero-order valence-corrected chi connectivity index (χ0v) is 19.6. The molecule has 166 valence electrons. The highest BCUT2D eigenvalue weighted by Crippen LogP contribution is 2.25. The van der Waals surface area contributed by atoms with Gasteiger partial charge in [-0.2, -0.15) is 4.31 Å². The van der Waals surface area contributed by atoms with Crippen LogP contribution in [0.25, 0.3) is 0 Å². The molecule has 0 unspecified atom stereocenters. The number of carbonyl (C=O) groups is 1. The fourth-order valence-corrected chi connectivity index (χ4v) is 6.07. The third-order valence-electron chi connectivity index (χ3n) is 5.52. The fourth-order valence-electron chi connectivity index (χ4n) is 3.65. The van der Waals surface area contributed by atoms with Crippen LogP contribution < -0.4 is 5.32 Å². The number of hydrogen-bond donors (Lipinski definition) is 1. The van der Waals surface area contributed by atoms with Crippen LogP contribution in [0, 0.1) is 6.92 Å². The van der Waals surface area contributed by atoms with Gasteiger partial charge >= 0.3 is 0 Å². The van der Waals surface area contributed by atoms with Gasteiger partial charge in [-0.1, -0.05) is 36.4 Å². The van der Waals surface area contributed by atoms with Crippen molar-refractivity contribution < 1.29 is 13.2 Å². The molecule has 0 spiro atoms. The Kier molecular flexibility index (Phi) is 6.98. The topological polar surface area (TPSA) is 66.5 Å². The van der Waals surface area contributed by atoms with E-state index in [1.807, 2.05) is 49.4 Å². The molecule has 32 heavy (non-hydrogen) atoms. The SMILES string of the molecule is Cc1ccc(S(=O)(=O)N2CCCC2)cc1C(=O)Nc1ccc(CSc2ccccc2)cc1. The predicted octanol–water partition coefficient (Wildman–Crippen LogP) is 5.32. The molecule has 0 saturated carbocycles. The van der Waals surface area contributed by atoms with E-state index in [4.69, 9.17) is 0 Å². The number of rotatable bonds is 7. The summed E-state index contributed by atoms with van der Waals surface area (Å²) in [6, 6.07) is 22.7. The Morgan fingerprint density at radius 1 is 0.969 bits per heavy atom. The minimum atomic E-state index is -3.57. The molecule has 1 heterocycles. The minimum absolute atomic E-state index is 0.170. The molecule has 1 N–H and O–H groups in total. The Bertz CT molecular complexity index is 1190. The van der Waals surface area contributed by atoms with E-state index >= 15 is 0 Å². The van der Waals surface area contributed by atoms with Gasteiger partial charge in [0.15, 0.2) is 0 Å². The maximum absolute atomic E-state index is 12.9. The number of thioether (sulfide) groups is 1. The van der Waals surface area contributed by atoms with Crippen molar-refractivity contribution in [2.45, 2.75) is 35.3 Å². The van der Waals surface area contributed by atoms with Crippen molar-refractivity contribution in [2.75, 3.05) is 18.4 Å². The molecule has 5 nitrogen and oxygen atoms in total. The van der Waals surface area contributed by atoms with E-state index in [0.717, 1.165) is 29.7 Å². The highest BCUT2D eigenvalue weighted by atomic mass is 32.2. The van der Waals surface area contributed by atoms with Gasteiger partial charge in [-0.15, -0.1) is 11.8 Å². The zero-order chi connectivity index (χ0) is 22.6. The lowest BCUT2D eigenvalue weighted by atomic mass is 10.1. The van der Waals surface area contributed by atoms with Gasteiger partial charge in [-0.05, 0) is 67.3 Å². The first-order chi connectivity index (χ1) is 15.4. The van der Waals surface area contributed by atoms with Gasteiger partial charge < -0.3 is 5.32 Å². The van der Waals surface area contributed by atoms with Crippen LogP contribution in [0.2, 0.25) is 0 Å². The summed E-state index contributed by atoms with van der Waals surface area (Å²) in [6.07, 6.45) is 1.75. The fraction of sp³-hybridized carbons (Fsp3) is 0.240. The average Bonchev–Trinajstić information content (AvgIpc) is 3.35. The Balaban J connectivity index is 1.44. The molecule has 3 aromatic carbocycles. The Hall–Kier alpha value is -2.61. The van der Waals surface area contributed by atoms with Gasteiger partial charge in [0, 0.05) is 35.0 Å². The third-order valence-corrected chi connectivity index (χ3v) is 8.49. The van der Waals surface area contributed by atoms with Crippen molar-refractivity contribution in [2.24, 2.45) is 0 Å². The van der Waals surface area contributed by atoms with Crippen molar-refractivity contribution in [3.05, 3.63) is 89.5 Å². The summed E-state index contributed by atoms with van der Waals surface area (Å²) in [4.78, 5) is 14.3. The summed E-state index contributed by atoms with van der Waals surface area (Å²) >= 11 is 1.76. The van der Waals surface area contributed by atoms with E-state index in [9.17, 15) is 13.2 Å². The number of aryl methyl sites for hydroxylation is 1. The highest BCUT2D eigenvalue weighted by molar-refractivity contribution is 7.98. The second-order valence-electron chi connectivity index (χ2n) is 7.84. The number of carbonyl (C=O) groups excluding carboxylic acids is 1. The van der Waals surface area contributed by atoms with E-state index in [1.54, 1.807) is 23.9 Å². The highest BCUT2D eigenvalue weighted by Gasteiger charge is 2.28. The van der Waals surface area contributed by atoms with Crippen LogP contribution in [0.5, 0.6) is 0 Å². The standard InChI is InChI=1S/C25H26N2O3S2/c1-19-9-14-23(32(29,30)27-15-5-6-16-27)17-24(19)25(28)26-21-12-10-20(11-13-21)18-31-22-7-3-2-4-8-22/h2-4,7-14,17H,5-6,15-16,18H2,1H3,(H,26,28). The van der Waals surface area contributed by atoms with Gasteiger partial charge in [0.1, 0.15) is 0 Å². The number of sulfonamides is 1. The Morgan fingerprint density at radius 2 is 1.66 bits per heavy atom. The van der Waals surface area contributed by atoms with Gasteiger partial charge in [0.05, 0.1) is 4.90 Å². The van der Waals surface area contributed by atoms with Crippen molar-refractivity contribution in [3.8, 4) is 0 Å². The maximum Gasteiger partial charge on any atom is 0.255 e. The number of benzene rings is 3. The largest absolute Gasteiger partial charge is 0.322 e. The lowest BCUT2D eigenvalue weighted by Crippen LogP contribution is -2.28. The Labute approximate surface area is 193 Å². The van der Waals surface area contributed by atoms with Crippen LogP contribution in [-0.2, 0) is 15.8 Å². The van der Waals surface area contributed by atoms with Crippen LogP contribution in [0.1, 0.15) is 34.3 Å². The predicted molar refractivity (Wildman–Crippen MR) is 130 cm³/mol. The van der Waals surface area contributed by atoms with E-state index in [0.29, 0.717) is 24.3 Å². The minimum Gasteiger partial charge on any atom is -0.322 e. The van der Waals surface area contributed by atoms with E-state index in [1.165, 1.54) is 15.3 Å². The number of anilines is 1. The molecule has 1 aliphatic rings. The molecule has 4 rings (SSSR count).